The van der Waals surface area contributed by atoms with Crippen molar-refractivity contribution in [3.63, 3.8) is 0 Å². The van der Waals surface area contributed by atoms with Crippen molar-refractivity contribution in [3.05, 3.63) is 41.2 Å². The maximum absolute atomic E-state index is 12.2. The maximum atomic E-state index is 12.2. The van der Waals surface area contributed by atoms with Crippen molar-refractivity contribution in [2.45, 2.75) is 38.6 Å². The van der Waals surface area contributed by atoms with Crippen LogP contribution in [0.5, 0.6) is 0 Å². The van der Waals surface area contributed by atoms with Gasteiger partial charge in [0.2, 0.25) is 0 Å². The Morgan fingerprint density at radius 3 is 2.85 bits per heavy atom. The maximum Gasteiger partial charge on any atom is 0.252 e. The molecule has 0 bridgehead atoms. The van der Waals surface area contributed by atoms with Gasteiger partial charge in [-0.15, -0.1) is 11.3 Å². The van der Waals surface area contributed by atoms with Crippen LogP contribution in [-0.2, 0) is 6.42 Å². The van der Waals surface area contributed by atoms with Crippen molar-refractivity contribution in [2.75, 3.05) is 50.5 Å². The Labute approximate surface area is 204 Å². The number of fused-ring (bicyclic) bond motifs is 1. The first-order valence-electron chi connectivity index (χ1n) is 12.1. The van der Waals surface area contributed by atoms with Gasteiger partial charge in [-0.05, 0) is 63.4 Å². The van der Waals surface area contributed by atoms with Crippen molar-refractivity contribution in [1.29, 1.82) is 0 Å². The summed E-state index contributed by atoms with van der Waals surface area (Å²) >= 11 is 1.78. The third kappa shape index (κ3) is 4.72. The van der Waals surface area contributed by atoms with Crippen LogP contribution in [0.4, 0.5) is 11.6 Å². The van der Waals surface area contributed by atoms with Crippen molar-refractivity contribution in [3.8, 4) is 0 Å². The van der Waals surface area contributed by atoms with Crippen LogP contribution >= 0.6 is 11.3 Å². The molecule has 0 atom stereocenters. The predicted molar refractivity (Wildman–Crippen MR) is 138 cm³/mol. The third-order valence-electron chi connectivity index (χ3n) is 7.03. The normalized spacial score (nSPS) is 21.9. The van der Waals surface area contributed by atoms with Gasteiger partial charge in [-0.1, -0.05) is 6.92 Å². The van der Waals surface area contributed by atoms with Crippen LogP contribution in [0.15, 0.2) is 30.7 Å². The minimum atomic E-state index is -0.0787. The number of aromatic nitrogens is 3. The Bertz CT molecular complexity index is 1150. The molecule has 1 amide bonds. The number of anilines is 2. The van der Waals surface area contributed by atoms with E-state index in [0.717, 1.165) is 55.4 Å². The molecule has 8 nitrogen and oxygen atoms in total. The Hall–Kier alpha value is -2.78. The highest BCUT2D eigenvalue weighted by molar-refractivity contribution is 7.18. The van der Waals surface area contributed by atoms with Gasteiger partial charge < -0.3 is 20.4 Å². The summed E-state index contributed by atoms with van der Waals surface area (Å²) in [6, 6.07) is 6.44. The lowest BCUT2D eigenvalue weighted by molar-refractivity contribution is 0.0950. The van der Waals surface area contributed by atoms with Crippen LogP contribution < -0.4 is 15.5 Å². The van der Waals surface area contributed by atoms with E-state index in [9.17, 15) is 4.79 Å². The number of thiophene rings is 1. The number of hydrogen-bond donors (Lipinski definition) is 2. The molecule has 0 radical (unpaired) electrons. The standard InChI is InChI=1S/C25H33N7OS/c1-4-19-11-20-22(28-16-29-24(20)34-19)32-9-7-25(15-32)12-18(13-25)30-21-6-5-17(14-27-21)23(33)26-8-10-31(2)3/h5-6,11,14,16,18H,4,7-10,12-13,15H2,1-3H3,(H,26,33)(H,27,30). The molecule has 2 N–H and O–H groups in total. The number of carbonyl (C=O) groups is 1. The molecule has 3 aromatic heterocycles. The lowest BCUT2D eigenvalue weighted by Crippen LogP contribution is -2.47. The highest BCUT2D eigenvalue weighted by Gasteiger charge is 2.49. The van der Waals surface area contributed by atoms with Gasteiger partial charge in [-0.25, -0.2) is 15.0 Å². The molecule has 1 aliphatic carbocycles. The Morgan fingerprint density at radius 2 is 2.12 bits per heavy atom. The zero-order valence-electron chi connectivity index (χ0n) is 20.2. The van der Waals surface area contributed by atoms with Crippen molar-refractivity contribution in [1.82, 2.24) is 25.2 Å². The monoisotopic (exact) mass is 479 g/mol. The molecule has 0 unspecified atom stereocenters. The fourth-order valence-corrected chi connectivity index (χ4v) is 6.10. The first-order chi connectivity index (χ1) is 16.4. The topological polar surface area (TPSA) is 86.3 Å². The van der Waals surface area contributed by atoms with Crippen molar-refractivity contribution >= 4 is 39.1 Å². The van der Waals surface area contributed by atoms with E-state index in [2.05, 4.69) is 43.5 Å². The second-order valence-corrected chi connectivity index (χ2v) is 11.0. The SMILES string of the molecule is CCc1cc2c(N3CCC4(CC(Nc5ccc(C(=O)NCCN(C)C)cn5)C4)C3)ncnc2s1. The largest absolute Gasteiger partial charge is 0.367 e. The van der Waals surface area contributed by atoms with E-state index in [1.165, 1.54) is 16.7 Å². The van der Waals surface area contributed by atoms with Gasteiger partial charge in [-0.2, -0.15) is 0 Å². The molecular weight excluding hydrogens is 446 g/mol. The number of carbonyl (C=O) groups excluding carboxylic acids is 1. The molecular formula is C25H33N7OS. The summed E-state index contributed by atoms with van der Waals surface area (Å²) in [6.07, 6.45) is 7.87. The van der Waals surface area contributed by atoms with Crippen LogP contribution in [0.3, 0.4) is 0 Å². The fraction of sp³-hybridized carbons (Fsp3) is 0.520. The zero-order valence-corrected chi connectivity index (χ0v) is 21.0. The minimum Gasteiger partial charge on any atom is -0.367 e. The Balaban J connectivity index is 1.14. The Morgan fingerprint density at radius 1 is 1.26 bits per heavy atom. The van der Waals surface area contributed by atoms with Crippen molar-refractivity contribution < 1.29 is 4.79 Å². The molecule has 5 rings (SSSR count). The van der Waals surface area contributed by atoms with Crippen molar-refractivity contribution in [2.24, 2.45) is 5.41 Å². The summed E-state index contributed by atoms with van der Waals surface area (Å²) in [4.78, 5) is 32.8. The van der Waals surface area contributed by atoms with E-state index in [0.29, 0.717) is 23.6 Å². The number of nitrogens with one attached hydrogen (secondary N) is 2. The molecule has 180 valence electrons. The molecule has 34 heavy (non-hydrogen) atoms. The number of nitrogens with zero attached hydrogens (tertiary/aromatic N) is 5. The van der Waals surface area contributed by atoms with E-state index >= 15 is 0 Å². The van der Waals surface area contributed by atoms with Gasteiger partial charge in [0.1, 0.15) is 22.8 Å². The number of likely N-dealkylation sites (N-methyl/N-ethyl adjacent to an activating group) is 1. The number of rotatable bonds is 8. The molecule has 9 heteroatoms. The molecule has 4 heterocycles. The number of pyridine rings is 1. The quantitative estimate of drug-likeness (QED) is 0.512. The molecule has 0 aromatic carbocycles. The van der Waals surface area contributed by atoms with E-state index in [-0.39, 0.29) is 5.91 Å². The molecule has 2 fully saturated rings. The average molecular weight is 480 g/mol. The lowest BCUT2D eigenvalue weighted by atomic mass is 9.65. The predicted octanol–water partition coefficient (Wildman–Crippen LogP) is 3.41. The van der Waals surface area contributed by atoms with Crippen LogP contribution in [0, 0.1) is 5.41 Å². The molecule has 2 aliphatic rings. The smallest absolute Gasteiger partial charge is 0.252 e. The third-order valence-corrected chi connectivity index (χ3v) is 8.21. The van der Waals surface area contributed by atoms with Crippen LogP contribution in [0.1, 0.15) is 41.4 Å². The summed E-state index contributed by atoms with van der Waals surface area (Å²) in [5, 5.41) is 7.68. The van der Waals surface area contributed by atoms with Gasteiger partial charge in [0.15, 0.2) is 0 Å². The second-order valence-electron chi connectivity index (χ2n) is 9.89. The van der Waals surface area contributed by atoms with E-state index in [1.807, 2.05) is 31.1 Å². The molecule has 1 spiro atoms. The zero-order chi connectivity index (χ0) is 23.7. The Kier molecular flexibility index (Phi) is 6.40. The highest BCUT2D eigenvalue weighted by atomic mass is 32.1. The average Bonchev–Trinajstić information content (AvgIpc) is 3.43. The van der Waals surface area contributed by atoms with E-state index in [1.54, 1.807) is 23.9 Å². The first kappa shape index (κ1) is 23.0. The highest BCUT2D eigenvalue weighted by Crippen LogP contribution is 2.50. The minimum absolute atomic E-state index is 0.0787. The summed E-state index contributed by atoms with van der Waals surface area (Å²) in [7, 11) is 3.98. The number of hydrogen-bond acceptors (Lipinski definition) is 8. The fourth-order valence-electron chi connectivity index (χ4n) is 5.17. The second kappa shape index (κ2) is 9.46. The summed E-state index contributed by atoms with van der Waals surface area (Å²) in [5.74, 6) is 1.85. The van der Waals surface area contributed by atoms with Gasteiger partial charge in [0.05, 0.1) is 10.9 Å². The molecule has 1 saturated heterocycles. The first-order valence-corrected chi connectivity index (χ1v) is 12.9. The van der Waals surface area contributed by atoms with Crippen LogP contribution in [0.2, 0.25) is 0 Å². The summed E-state index contributed by atoms with van der Waals surface area (Å²) in [6.45, 7) is 5.72. The molecule has 1 aliphatic heterocycles. The molecule has 1 saturated carbocycles. The van der Waals surface area contributed by atoms with Crippen LogP contribution in [0.25, 0.3) is 10.2 Å². The van der Waals surface area contributed by atoms with Crippen LogP contribution in [-0.4, -0.2) is 72.1 Å². The summed E-state index contributed by atoms with van der Waals surface area (Å²) < 4.78 is 0. The summed E-state index contributed by atoms with van der Waals surface area (Å²) in [5.41, 5.74) is 0.946. The van der Waals surface area contributed by atoms with Gasteiger partial charge in [0, 0.05) is 43.3 Å². The van der Waals surface area contributed by atoms with Gasteiger partial charge in [-0.3, -0.25) is 4.79 Å². The van der Waals surface area contributed by atoms with Gasteiger partial charge >= 0.3 is 0 Å². The van der Waals surface area contributed by atoms with Gasteiger partial charge in [0.25, 0.3) is 5.91 Å². The molecule has 3 aromatic rings. The van der Waals surface area contributed by atoms with E-state index in [4.69, 9.17) is 0 Å². The number of aryl methyl sites for hydroxylation is 1. The van der Waals surface area contributed by atoms with E-state index < -0.39 is 0 Å². The lowest BCUT2D eigenvalue weighted by Gasteiger charge is -2.45. The number of amides is 1.